The van der Waals surface area contributed by atoms with Crippen LogP contribution in [0.15, 0.2) is 41.1 Å². The first-order valence-corrected chi connectivity index (χ1v) is 11.0. The van der Waals surface area contributed by atoms with Crippen molar-refractivity contribution < 1.29 is 40.8 Å². The topological polar surface area (TPSA) is 145 Å². The minimum atomic E-state index is -4.82. The molecule has 1 unspecified atom stereocenters. The Morgan fingerprint density at radius 1 is 1.30 bits per heavy atom. The number of carbonyl (C=O) groups is 2. The molecular weight excluding hydrogens is 471 g/mol. The summed E-state index contributed by atoms with van der Waals surface area (Å²) in [6.07, 6.45) is -4.82. The molecule has 0 fully saturated rings. The SMILES string of the molecule is CNS(=O)(=O)CC(=O)C1=C(c2cccc([N+](=O)[O-])c2)C(C(=O)OCC(F)(F)F)=C(C)NC1C. The molecule has 10 nitrogen and oxygen atoms in total. The van der Waals surface area contributed by atoms with Crippen molar-refractivity contribution in [2.75, 3.05) is 19.4 Å². The largest absolute Gasteiger partial charge is 0.452 e. The lowest BCUT2D eigenvalue weighted by atomic mass is 9.84. The van der Waals surface area contributed by atoms with Crippen LogP contribution in [0.4, 0.5) is 18.9 Å². The van der Waals surface area contributed by atoms with Crippen LogP contribution in [0.2, 0.25) is 0 Å². The zero-order chi connectivity index (χ0) is 25.1. The molecule has 2 rings (SSSR count). The lowest BCUT2D eigenvalue weighted by molar-refractivity contribution is -0.384. The van der Waals surface area contributed by atoms with Crippen LogP contribution in [0.5, 0.6) is 0 Å². The van der Waals surface area contributed by atoms with Crippen molar-refractivity contribution in [3.05, 3.63) is 56.8 Å². The summed E-state index contributed by atoms with van der Waals surface area (Å²) in [6, 6.07) is 3.85. The quantitative estimate of drug-likeness (QED) is 0.318. The van der Waals surface area contributed by atoms with E-state index in [1.165, 1.54) is 26.0 Å². The van der Waals surface area contributed by atoms with Crippen LogP contribution in [0.25, 0.3) is 5.57 Å². The number of nitro benzene ring substituents is 1. The summed E-state index contributed by atoms with van der Waals surface area (Å²) >= 11 is 0. The monoisotopic (exact) mass is 491 g/mol. The van der Waals surface area contributed by atoms with Gasteiger partial charge in [-0.3, -0.25) is 14.9 Å². The Balaban J connectivity index is 2.76. The normalized spacial score (nSPS) is 17.0. The van der Waals surface area contributed by atoms with E-state index in [9.17, 15) is 41.3 Å². The maximum Gasteiger partial charge on any atom is 0.422 e. The maximum atomic E-state index is 13.0. The molecule has 1 aromatic rings. The summed E-state index contributed by atoms with van der Waals surface area (Å²) in [5.41, 5.74) is -1.38. The van der Waals surface area contributed by atoms with Crippen LogP contribution in [0.3, 0.4) is 0 Å². The summed E-state index contributed by atoms with van der Waals surface area (Å²) < 4.78 is 68.1. The van der Waals surface area contributed by atoms with Crippen LogP contribution in [0.1, 0.15) is 19.4 Å². The third-order valence-electron chi connectivity index (χ3n) is 4.61. The maximum absolute atomic E-state index is 13.0. The van der Waals surface area contributed by atoms with Crippen LogP contribution < -0.4 is 10.0 Å². The summed E-state index contributed by atoms with van der Waals surface area (Å²) in [5.74, 6) is -3.42. The third kappa shape index (κ3) is 6.38. The van der Waals surface area contributed by atoms with E-state index >= 15 is 0 Å². The Morgan fingerprint density at radius 2 is 1.94 bits per heavy atom. The van der Waals surface area contributed by atoms with E-state index in [2.05, 4.69) is 10.1 Å². The van der Waals surface area contributed by atoms with Gasteiger partial charge in [-0.1, -0.05) is 12.1 Å². The highest BCUT2D eigenvalue weighted by molar-refractivity contribution is 7.90. The first-order chi connectivity index (χ1) is 15.2. The van der Waals surface area contributed by atoms with Crippen LogP contribution in [-0.4, -0.2) is 56.7 Å². The number of hydrogen-bond donors (Lipinski definition) is 2. The van der Waals surface area contributed by atoms with E-state index in [1.54, 1.807) is 0 Å². The molecule has 2 N–H and O–H groups in total. The first-order valence-electron chi connectivity index (χ1n) is 9.32. The Hall–Kier alpha value is -3.26. The number of nitrogens with one attached hydrogen (secondary N) is 2. The number of carbonyl (C=O) groups excluding carboxylic acids is 2. The molecule has 0 saturated heterocycles. The number of alkyl halides is 3. The van der Waals surface area contributed by atoms with E-state index in [1.807, 2.05) is 4.72 Å². The Bertz CT molecular complexity index is 1160. The fourth-order valence-electron chi connectivity index (χ4n) is 3.26. The van der Waals surface area contributed by atoms with Gasteiger partial charge in [0.1, 0.15) is 5.75 Å². The van der Waals surface area contributed by atoms with Gasteiger partial charge in [-0.25, -0.2) is 17.9 Å². The number of dihydropyridines is 1. The lowest BCUT2D eigenvalue weighted by Crippen LogP contribution is -2.40. The zero-order valence-electron chi connectivity index (χ0n) is 17.6. The second kappa shape index (κ2) is 9.70. The highest BCUT2D eigenvalue weighted by Gasteiger charge is 2.37. The van der Waals surface area contributed by atoms with Crippen molar-refractivity contribution in [2.45, 2.75) is 26.1 Å². The van der Waals surface area contributed by atoms with Crippen molar-refractivity contribution in [2.24, 2.45) is 0 Å². The van der Waals surface area contributed by atoms with Gasteiger partial charge in [-0.15, -0.1) is 0 Å². The van der Waals surface area contributed by atoms with Crippen molar-refractivity contribution in [1.82, 2.24) is 10.0 Å². The lowest BCUT2D eigenvalue weighted by Gasteiger charge is -2.30. The molecule has 0 aromatic heterocycles. The van der Waals surface area contributed by atoms with E-state index in [0.29, 0.717) is 0 Å². The second-order valence-corrected chi connectivity index (χ2v) is 8.97. The van der Waals surface area contributed by atoms with Gasteiger partial charge in [-0.05, 0) is 26.5 Å². The molecule has 0 amide bonds. The van der Waals surface area contributed by atoms with Crippen LogP contribution >= 0.6 is 0 Å². The minimum absolute atomic E-state index is 0.0407. The number of allylic oxidation sites excluding steroid dienone is 1. The number of nitrogens with zero attached hydrogens (tertiary/aromatic N) is 1. The smallest absolute Gasteiger partial charge is 0.422 e. The molecular formula is C19H20F3N3O7S. The van der Waals surface area contributed by atoms with Gasteiger partial charge in [0.05, 0.1) is 16.5 Å². The molecule has 33 heavy (non-hydrogen) atoms. The number of benzene rings is 1. The van der Waals surface area contributed by atoms with Gasteiger partial charge < -0.3 is 10.1 Å². The molecule has 0 radical (unpaired) electrons. The highest BCUT2D eigenvalue weighted by atomic mass is 32.2. The fourth-order valence-corrected chi connectivity index (χ4v) is 3.91. The number of nitro groups is 1. The minimum Gasteiger partial charge on any atom is -0.452 e. The van der Waals surface area contributed by atoms with Gasteiger partial charge in [-0.2, -0.15) is 13.2 Å². The molecule has 14 heteroatoms. The van der Waals surface area contributed by atoms with Gasteiger partial charge in [0.25, 0.3) is 5.69 Å². The number of ether oxygens (including phenoxy) is 1. The Kier molecular flexibility index (Phi) is 7.64. The zero-order valence-corrected chi connectivity index (χ0v) is 18.5. The van der Waals surface area contributed by atoms with Crippen molar-refractivity contribution in [3.63, 3.8) is 0 Å². The molecule has 1 heterocycles. The number of esters is 1. The molecule has 180 valence electrons. The van der Waals surface area contributed by atoms with Crippen LogP contribution in [0, 0.1) is 10.1 Å². The summed E-state index contributed by atoms with van der Waals surface area (Å²) in [4.78, 5) is 36.1. The van der Waals surface area contributed by atoms with E-state index < -0.39 is 62.5 Å². The van der Waals surface area contributed by atoms with Gasteiger partial charge in [0, 0.05) is 29.0 Å². The molecule has 0 spiro atoms. The van der Waals surface area contributed by atoms with Gasteiger partial charge in [0.15, 0.2) is 12.4 Å². The van der Waals surface area contributed by atoms with Gasteiger partial charge in [0.2, 0.25) is 10.0 Å². The summed E-state index contributed by atoms with van der Waals surface area (Å²) in [7, 11) is -2.96. The number of non-ortho nitro benzene ring substituents is 1. The average molecular weight is 491 g/mol. The van der Waals surface area contributed by atoms with E-state index in [0.717, 1.165) is 19.2 Å². The number of sulfonamides is 1. The molecule has 1 aromatic carbocycles. The molecule has 0 saturated carbocycles. The summed E-state index contributed by atoms with van der Waals surface area (Å²) in [5, 5.41) is 14.0. The predicted molar refractivity (Wildman–Crippen MR) is 110 cm³/mol. The molecule has 1 aliphatic rings. The molecule has 0 aliphatic carbocycles. The van der Waals surface area contributed by atoms with Crippen LogP contribution in [-0.2, 0) is 24.3 Å². The van der Waals surface area contributed by atoms with Gasteiger partial charge >= 0.3 is 12.1 Å². The third-order valence-corrected chi connectivity index (χ3v) is 5.87. The molecule has 0 bridgehead atoms. The number of halogens is 3. The van der Waals surface area contributed by atoms with E-state index in [4.69, 9.17) is 0 Å². The van der Waals surface area contributed by atoms with Crippen molar-refractivity contribution in [3.8, 4) is 0 Å². The molecule has 1 aliphatic heterocycles. The molecule has 1 atom stereocenters. The number of rotatable bonds is 8. The Labute approximate surface area is 186 Å². The van der Waals surface area contributed by atoms with E-state index in [-0.39, 0.29) is 22.4 Å². The fraction of sp³-hybridized carbons (Fsp3) is 0.368. The number of Topliss-reactive ketones (excluding diaryl/α,β-unsaturated/α-hetero) is 1. The predicted octanol–water partition coefficient (Wildman–Crippen LogP) is 1.84. The van der Waals surface area contributed by atoms with Crippen molar-refractivity contribution >= 4 is 33.0 Å². The first kappa shape index (κ1) is 26.0. The standard InChI is InChI=1S/C19H20F3N3O7S/c1-10-15(14(26)8-33(30,31)23-3)17(12-5-4-6-13(7-12)25(28)29)16(11(2)24-10)18(27)32-9-19(20,21)22/h4-7,10,23-24H,8-9H2,1-3H3. The second-order valence-electron chi connectivity index (χ2n) is 7.04. The van der Waals surface area contributed by atoms with Crippen molar-refractivity contribution in [1.29, 1.82) is 0 Å². The number of ketones is 1. The Morgan fingerprint density at radius 3 is 2.48 bits per heavy atom. The average Bonchev–Trinajstić information content (AvgIpc) is 2.70. The summed E-state index contributed by atoms with van der Waals surface area (Å²) in [6.45, 7) is 0.916. The number of hydrogen-bond acceptors (Lipinski definition) is 8. The highest BCUT2D eigenvalue weighted by Crippen LogP contribution is 2.36.